The van der Waals surface area contributed by atoms with Crippen molar-refractivity contribution < 1.29 is 9.90 Å². The monoisotopic (exact) mass is 294 g/mol. The number of hydrogen-bond acceptors (Lipinski definition) is 1. The first-order chi connectivity index (χ1) is 6.15. The fraction of sp³-hybridized carbons (Fsp3) is 0.300. The van der Waals surface area contributed by atoms with Gasteiger partial charge in [0.2, 0.25) is 0 Å². The van der Waals surface area contributed by atoms with E-state index in [2.05, 4.69) is 0 Å². The molecule has 70 valence electrons. The maximum absolute atomic E-state index is 10.8. The summed E-state index contributed by atoms with van der Waals surface area (Å²) in [7, 11) is 0. The first-order valence-electron chi connectivity index (χ1n) is 3.97. The summed E-state index contributed by atoms with van der Waals surface area (Å²) in [5.74, 6) is -0.686. The van der Waals surface area contributed by atoms with Crippen LogP contribution in [0.25, 0.3) is 0 Å². The average Bonchev–Trinajstić information content (AvgIpc) is 2.09. The summed E-state index contributed by atoms with van der Waals surface area (Å²) < 4.78 is -0.231. The molecule has 1 N–H and O–H groups in total. The Labute approximate surface area is 88.0 Å². The van der Waals surface area contributed by atoms with Gasteiger partial charge >= 0.3 is 88.0 Å². The van der Waals surface area contributed by atoms with E-state index < -0.39 is 26.9 Å². The van der Waals surface area contributed by atoms with Crippen LogP contribution in [0, 0.1) is 6.92 Å². The number of aryl methyl sites for hydroxylation is 1. The van der Waals surface area contributed by atoms with Gasteiger partial charge in [-0.3, -0.25) is 0 Å². The number of hydrogen-bond donors (Lipinski definition) is 1. The summed E-state index contributed by atoms with van der Waals surface area (Å²) in [6.07, 6.45) is 0. The van der Waals surface area contributed by atoms with Crippen molar-refractivity contribution in [1.82, 2.24) is 0 Å². The predicted octanol–water partition coefficient (Wildman–Crippen LogP) is 1.87. The molecule has 1 atom stereocenters. The minimum atomic E-state index is -0.686. The number of rotatable bonds is 3. The Bertz CT molecular complexity index is 292. The van der Waals surface area contributed by atoms with Gasteiger partial charge in [-0.1, -0.05) is 0 Å². The van der Waals surface area contributed by atoms with Crippen LogP contribution in [-0.4, -0.2) is 32.0 Å². The second kappa shape index (κ2) is 4.64. The zero-order valence-corrected chi connectivity index (χ0v) is 9.98. The van der Waals surface area contributed by atoms with Gasteiger partial charge in [0.1, 0.15) is 0 Å². The van der Waals surface area contributed by atoms with Crippen LogP contribution in [0.1, 0.15) is 15.1 Å². The molecule has 0 aromatic heterocycles. The van der Waals surface area contributed by atoms with Crippen molar-refractivity contribution in [2.75, 3.05) is 0 Å². The summed E-state index contributed by atoms with van der Waals surface area (Å²) in [5, 5.41) is 8.93. The molecule has 1 unspecified atom stereocenters. The van der Waals surface area contributed by atoms with Crippen molar-refractivity contribution in [3.8, 4) is 0 Å². The third-order valence-electron chi connectivity index (χ3n) is 1.84. The molecule has 1 aromatic carbocycles. The number of aliphatic carboxylic acids is 1. The van der Waals surface area contributed by atoms with Crippen LogP contribution >= 0.6 is 0 Å². The zero-order chi connectivity index (χ0) is 9.84. The topological polar surface area (TPSA) is 37.3 Å². The Morgan fingerprint density at radius 3 is 2.31 bits per heavy atom. The molecule has 1 aromatic rings. The molecule has 0 spiro atoms. The van der Waals surface area contributed by atoms with Crippen molar-refractivity contribution in [3.05, 3.63) is 35.4 Å². The Morgan fingerprint density at radius 2 is 1.92 bits per heavy atom. The summed E-state index contributed by atoms with van der Waals surface area (Å²) >= 11 is -0.455. The van der Waals surface area contributed by atoms with Crippen LogP contribution in [0.15, 0.2) is 24.3 Å². The van der Waals surface area contributed by atoms with E-state index in [-0.39, 0.29) is 3.97 Å². The van der Waals surface area contributed by atoms with E-state index in [4.69, 9.17) is 5.11 Å². The van der Waals surface area contributed by atoms with E-state index in [1.54, 1.807) is 0 Å². The molecular weight excluding hydrogens is 280 g/mol. The molecule has 0 aliphatic heterocycles. The van der Waals surface area contributed by atoms with Gasteiger partial charge in [-0.15, -0.1) is 0 Å². The van der Waals surface area contributed by atoms with Gasteiger partial charge in [0.25, 0.3) is 0 Å². The van der Waals surface area contributed by atoms with Gasteiger partial charge in [-0.05, 0) is 0 Å². The van der Waals surface area contributed by atoms with E-state index >= 15 is 0 Å². The third-order valence-corrected chi connectivity index (χ3v) is 4.54. The molecule has 13 heavy (non-hydrogen) atoms. The van der Waals surface area contributed by atoms with Crippen LogP contribution < -0.4 is 0 Å². The van der Waals surface area contributed by atoms with Gasteiger partial charge in [0.05, 0.1) is 0 Å². The van der Waals surface area contributed by atoms with Gasteiger partial charge in [-0.2, -0.15) is 0 Å². The summed E-state index contributed by atoms with van der Waals surface area (Å²) in [5.41, 5.74) is 2.12. The average molecular weight is 292 g/mol. The van der Waals surface area contributed by atoms with Crippen LogP contribution in [-0.2, 0) is 4.79 Å². The molecule has 0 aliphatic carbocycles. The summed E-state index contributed by atoms with van der Waals surface area (Å²) in [6.45, 7) is 2.00. The van der Waals surface area contributed by atoms with Crippen LogP contribution in [0.2, 0.25) is 4.97 Å². The Balaban J connectivity index is 2.92. The number of carboxylic acids is 1. The maximum atomic E-state index is 10.8. The molecular formula is C10H12O2Te. The molecule has 0 amide bonds. The molecule has 1 rings (SSSR count). The zero-order valence-electron chi connectivity index (χ0n) is 7.65. The molecule has 0 saturated heterocycles. The van der Waals surface area contributed by atoms with Gasteiger partial charge in [0, 0.05) is 0 Å². The molecule has 0 heterocycles. The second-order valence-electron chi connectivity index (χ2n) is 2.86. The van der Waals surface area contributed by atoms with E-state index in [9.17, 15) is 4.79 Å². The van der Waals surface area contributed by atoms with E-state index in [0.717, 1.165) is 5.56 Å². The van der Waals surface area contributed by atoms with Crippen molar-refractivity contribution in [1.29, 1.82) is 0 Å². The molecule has 2 nitrogen and oxygen atoms in total. The Morgan fingerprint density at radius 1 is 1.38 bits per heavy atom. The van der Waals surface area contributed by atoms with E-state index in [1.165, 1.54) is 5.56 Å². The van der Waals surface area contributed by atoms with Crippen molar-refractivity contribution in [2.24, 2.45) is 0 Å². The fourth-order valence-electron chi connectivity index (χ4n) is 1.12. The molecule has 3 heteroatoms. The minimum absolute atomic E-state index is 0.231. The van der Waals surface area contributed by atoms with Gasteiger partial charge < -0.3 is 0 Å². The van der Waals surface area contributed by atoms with E-state index in [0.29, 0.717) is 0 Å². The first kappa shape index (κ1) is 10.6. The molecule has 0 aliphatic rings. The molecule has 0 saturated carbocycles. The van der Waals surface area contributed by atoms with Crippen LogP contribution in [0.3, 0.4) is 0 Å². The standard InChI is InChI=1S/C10H12O2Te/c1-7-3-5-8(6-4-7)9(13-2)10(11)12/h3-6,9H,1-2H3,(H,11,12). The predicted molar refractivity (Wildman–Crippen MR) is 53.2 cm³/mol. The second-order valence-corrected chi connectivity index (χ2v) is 5.56. The van der Waals surface area contributed by atoms with Gasteiger partial charge in [0.15, 0.2) is 0 Å². The normalized spacial score (nSPS) is 12.5. The fourth-order valence-corrected chi connectivity index (χ4v) is 2.92. The van der Waals surface area contributed by atoms with Crippen molar-refractivity contribution in [2.45, 2.75) is 15.9 Å². The number of carbonyl (C=O) groups is 1. The first-order valence-corrected chi connectivity index (χ1v) is 7.65. The van der Waals surface area contributed by atoms with E-state index in [1.807, 2.05) is 36.2 Å². The molecule has 0 bridgehead atoms. The quantitative estimate of drug-likeness (QED) is 0.864. The van der Waals surface area contributed by atoms with Gasteiger partial charge in [-0.25, -0.2) is 0 Å². The van der Waals surface area contributed by atoms with Crippen molar-refractivity contribution >= 4 is 26.9 Å². The van der Waals surface area contributed by atoms with Crippen LogP contribution in [0.5, 0.6) is 0 Å². The summed E-state index contributed by atoms with van der Waals surface area (Å²) in [6, 6.07) is 7.77. The third kappa shape index (κ3) is 2.72. The van der Waals surface area contributed by atoms with Crippen molar-refractivity contribution in [3.63, 3.8) is 0 Å². The molecule has 0 radical (unpaired) electrons. The van der Waals surface area contributed by atoms with Crippen LogP contribution in [0.4, 0.5) is 0 Å². The number of benzene rings is 1. The Kier molecular flexibility index (Phi) is 3.77. The SMILES string of the molecule is C[Te]C(C(=O)O)c1ccc(C)cc1. The Hall–Kier alpha value is -0.520. The molecule has 0 fully saturated rings. The number of carboxylic acid groups (broad SMARTS) is 1. The summed E-state index contributed by atoms with van der Waals surface area (Å²) in [4.78, 5) is 12.9.